The predicted molar refractivity (Wildman–Crippen MR) is 117 cm³/mol. The highest BCUT2D eigenvalue weighted by atomic mass is 16.1. The predicted octanol–water partition coefficient (Wildman–Crippen LogP) is 3.23. The van der Waals surface area contributed by atoms with Crippen molar-refractivity contribution in [1.82, 2.24) is 14.7 Å². The molecule has 6 heteroatoms. The number of aryl methyl sites for hydroxylation is 1. The van der Waals surface area contributed by atoms with Crippen LogP contribution in [0.3, 0.4) is 0 Å². The number of hydrogen-bond donors (Lipinski definition) is 1. The van der Waals surface area contributed by atoms with Gasteiger partial charge in [-0.3, -0.25) is 19.4 Å². The zero-order valence-electron chi connectivity index (χ0n) is 17.0. The van der Waals surface area contributed by atoms with Gasteiger partial charge in [-0.15, -0.1) is 0 Å². The minimum Gasteiger partial charge on any atom is -0.396 e. The molecular formula is C23H25N5O. The third-order valence-electron chi connectivity index (χ3n) is 5.53. The summed E-state index contributed by atoms with van der Waals surface area (Å²) in [7, 11) is 1.87. The van der Waals surface area contributed by atoms with Gasteiger partial charge in [0.25, 0.3) is 0 Å². The fraction of sp³-hybridized carbons (Fsp3) is 0.261. The van der Waals surface area contributed by atoms with E-state index in [1.807, 2.05) is 49.5 Å². The van der Waals surface area contributed by atoms with Crippen LogP contribution in [0, 0.1) is 0 Å². The molecule has 0 amide bonds. The molecule has 4 rings (SSSR count). The lowest BCUT2D eigenvalue weighted by Crippen LogP contribution is -2.29. The van der Waals surface area contributed by atoms with E-state index in [0.29, 0.717) is 29.2 Å². The Hall–Kier alpha value is -3.25. The standard InChI is InChI=1S/C23H25N5O/c1-4-28(5-2)14-25-21-16-10-6-7-11-17(16)23(29)19(20(21)24)18-12-8-9-15-13-26-27(3)22(15)18/h6-13H,4-5,14,24H2,1-3H3. The maximum Gasteiger partial charge on any atom is 0.196 e. The van der Waals surface area contributed by atoms with E-state index in [1.54, 1.807) is 10.9 Å². The third-order valence-corrected chi connectivity index (χ3v) is 5.53. The van der Waals surface area contributed by atoms with Gasteiger partial charge in [-0.05, 0) is 13.1 Å². The number of carbonyl (C=O) groups excluding carboxylic acids is 1. The number of fused-ring (bicyclic) bond motifs is 2. The molecule has 0 saturated heterocycles. The first kappa shape index (κ1) is 19.1. The molecule has 6 nitrogen and oxygen atoms in total. The molecule has 0 spiro atoms. The van der Waals surface area contributed by atoms with E-state index in [4.69, 9.17) is 10.7 Å². The molecule has 1 heterocycles. The molecule has 0 atom stereocenters. The minimum absolute atomic E-state index is 0.0754. The van der Waals surface area contributed by atoms with Crippen LogP contribution in [0.25, 0.3) is 16.5 Å². The summed E-state index contributed by atoms with van der Waals surface area (Å²) in [5.74, 6) is -0.0754. The van der Waals surface area contributed by atoms with E-state index in [2.05, 4.69) is 23.8 Å². The van der Waals surface area contributed by atoms with Crippen LogP contribution >= 0.6 is 0 Å². The van der Waals surface area contributed by atoms with Crippen molar-refractivity contribution in [3.63, 3.8) is 0 Å². The number of hydrogen-bond acceptors (Lipinski definition) is 5. The van der Waals surface area contributed by atoms with Crippen LogP contribution in [-0.2, 0) is 7.05 Å². The highest BCUT2D eigenvalue weighted by Gasteiger charge is 2.31. The fourth-order valence-corrected chi connectivity index (χ4v) is 3.88. The summed E-state index contributed by atoms with van der Waals surface area (Å²) in [4.78, 5) is 20.5. The van der Waals surface area contributed by atoms with E-state index >= 15 is 0 Å². The first-order valence-electron chi connectivity index (χ1n) is 9.88. The Morgan fingerprint density at radius 1 is 1.03 bits per heavy atom. The third kappa shape index (κ3) is 3.15. The number of nitrogens with zero attached hydrogens (tertiary/aromatic N) is 4. The number of benzene rings is 2. The highest BCUT2D eigenvalue weighted by molar-refractivity contribution is 6.42. The topological polar surface area (TPSA) is 76.5 Å². The zero-order chi connectivity index (χ0) is 20.5. The Labute approximate surface area is 170 Å². The molecule has 29 heavy (non-hydrogen) atoms. The van der Waals surface area contributed by atoms with Gasteiger partial charge in [0.2, 0.25) is 0 Å². The van der Waals surface area contributed by atoms with Gasteiger partial charge in [0.15, 0.2) is 5.78 Å². The summed E-state index contributed by atoms with van der Waals surface area (Å²) >= 11 is 0. The highest BCUT2D eigenvalue weighted by Crippen LogP contribution is 2.34. The van der Waals surface area contributed by atoms with Crippen molar-refractivity contribution >= 4 is 28.0 Å². The Morgan fingerprint density at radius 2 is 1.72 bits per heavy atom. The van der Waals surface area contributed by atoms with Gasteiger partial charge in [0.05, 0.1) is 35.4 Å². The van der Waals surface area contributed by atoms with Gasteiger partial charge in [0.1, 0.15) is 0 Å². The van der Waals surface area contributed by atoms with Gasteiger partial charge >= 0.3 is 0 Å². The number of para-hydroxylation sites is 1. The monoisotopic (exact) mass is 387 g/mol. The molecule has 0 saturated carbocycles. The Balaban J connectivity index is 1.95. The molecule has 0 radical (unpaired) electrons. The lowest BCUT2D eigenvalue weighted by molar-refractivity contribution is 0.105. The first-order chi connectivity index (χ1) is 14.1. The molecule has 1 aromatic heterocycles. The minimum atomic E-state index is -0.0754. The number of Topliss-reactive ketones (excluding diaryl/α,β-unsaturated/α-hetero) is 1. The molecule has 1 aliphatic rings. The van der Waals surface area contributed by atoms with Crippen LogP contribution in [0.2, 0.25) is 0 Å². The van der Waals surface area contributed by atoms with E-state index < -0.39 is 0 Å². The van der Waals surface area contributed by atoms with Crippen LogP contribution in [0.15, 0.2) is 59.4 Å². The molecule has 0 unspecified atom stereocenters. The largest absolute Gasteiger partial charge is 0.396 e. The molecule has 0 aliphatic heterocycles. The number of aliphatic imine (C=N–C) groups is 1. The van der Waals surface area contributed by atoms with Gasteiger partial charge in [-0.2, -0.15) is 5.10 Å². The number of allylic oxidation sites excluding steroid dienone is 2. The Bertz CT molecular complexity index is 1150. The van der Waals surface area contributed by atoms with E-state index in [-0.39, 0.29) is 5.78 Å². The molecule has 0 bridgehead atoms. The van der Waals surface area contributed by atoms with Gasteiger partial charge < -0.3 is 5.73 Å². The number of rotatable bonds is 5. The maximum absolute atomic E-state index is 13.5. The summed E-state index contributed by atoms with van der Waals surface area (Å²) in [5.41, 5.74) is 11.3. The number of ketones is 1. The summed E-state index contributed by atoms with van der Waals surface area (Å²) in [6.45, 7) is 6.55. The smallest absolute Gasteiger partial charge is 0.196 e. The van der Waals surface area contributed by atoms with Crippen molar-refractivity contribution in [3.8, 4) is 0 Å². The van der Waals surface area contributed by atoms with Crippen LogP contribution in [-0.4, -0.2) is 45.9 Å². The zero-order valence-corrected chi connectivity index (χ0v) is 17.0. The summed E-state index contributed by atoms with van der Waals surface area (Å²) in [5, 5.41) is 5.32. The molecule has 0 fully saturated rings. The van der Waals surface area contributed by atoms with Crippen molar-refractivity contribution in [2.45, 2.75) is 13.8 Å². The Kier molecular flexibility index (Phi) is 5.03. The summed E-state index contributed by atoms with van der Waals surface area (Å²) in [6.07, 6.45) is 1.80. The van der Waals surface area contributed by atoms with Crippen molar-refractivity contribution in [2.24, 2.45) is 17.8 Å². The van der Waals surface area contributed by atoms with Crippen LogP contribution in [0.4, 0.5) is 0 Å². The lowest BCUT2D eigenvalue weighted by Gasteiger charge is -2.23. The van der Waals surface area contributed by atoms with E-state index in [0.717, 1.165) is 35.1 Å². The first-order valence-corrected chi connectivity index (χ1v) is 9.88. The molecule has 2 aromatic carbocycles. The summed E-state index contributed by atoms with van der Waals surface area (Å²) in [6, 6.07) is 13.4. The quantitative estimate of drug-likeness (QED) is 0.729. The molecule has 2 N–H and O–H groups in total. The second-order valence-corrected chi connectivity index (χ2v) is 7.13. The van der Waals surface area contributed by atoms with Crippen molar-refractivity contribution < 1.29 is 4.79 Å². The molecule has 148 valence electrons. The van der Waals surface area contributed by atoms with Crippen molar-refractivity contribution in [1.29, 1.82) is 0 Å². The molecule has 1 aliphatic carbocycles. The second-order valence-electron chi connectivity index (χ2n) is 7.13. The van der Waals surface area contributed by atoms with Gasteiger partial charge in [-0.1, -0.05) is 56.3 Å². The van der Waals surface area contributed by atoms with Gasteiger partial charge in [-0.25, -0.2) is 0 Å². The van der Waals surface area contributed by atoms with Crippen LogP contribution in [0.1, 0.15) is 35.3 Å². The number of aromatic nitrogens is 2. The van der Waals surface area contributed by atoms with Crippen molar-refractivity contribution in [2.75, 3.05) is 19.8 Å². The SMILES string of the molecule is CCN(CC)CN=C1C(N)=C(c2cccc3cnn(C)c23)C(=O)c2ccccc21. The molecule has 3 aromatic rings. The normalized spacial score (nSPS) is 15.6. The van der Waals surface area contributed by atoms with Crippen LogP contribution in [0.5, 0.6) is 0 Å². The van der Waals surface area contributed by atoms with Crippen LogP contribution < -0.4 is 5.73 Å². The Morgan fingerprint density at radius 3 is 2.45 bits per heavy atom. The average Bonchev–Trinajstić information content (AvgIpc) is 3.12. The van der Waals surface area contributed by atoms with Gasteiger partial charge in [0, 0.05) is 29.1 Å². The lowest BCUT2D eigenvalue weighted by atomic mass is 9.83. The number of nitrogens with two attached hydrogens (primary N) is 1. The second kappa shape index (κ2) is 7.64. The van der Waals surface area contributed by atoms with Crippen molar-refractivity contribution in [3.05, 3.63) is 71.0 Å². The fourth-order valence-electron chi connectivity index (χ4n) is 3.88. The maximum atomic E-state index is 13.5. The average molecular weight is 387 g/mol. The van der Waals surface area contributed by atoms with E-state index in [1.165, 1.54) is 0 Å². The van der Waals surface area contributed by atoms with E-state index in [9.17, 15) is 4.79 Å². The number of carbonyl (C=O) groups is 1. The molecular weight excluding hydrogens is 362 g/mol. The summed E-state index contributed by atoms with van der Waals surface area (Å²) < 4.78 is 1.78.